The molecule has 0 saturated carbocycles. The van der Waals surface area contributed by atoms with Crippen LogP contribution in [0.15, 0.2) is 0 Å². The number of unbranched alkanes of at least 4 members (excludes halogenated alkanes) is 47. The molecule has 0 rings (SSSR count). The molecule has 0 fully saturated rings. The van der Waals surface area contributed by atoms with Crippen molar-refractivity contribution in [2.75, 3.05) is 39.6 Å². The van der Waals surface area contributed by atoms with Gasteiger partial charge in [-0.25, -0.2) is 9.13 Å². The summed E-state index contributed by atoms with van der Waals surface area (Å²) >= 11 is 0. The fourth-order valence-corrected chi connectivity index (χ4v) is 13.6. The molecule has 17 nitrogen and oxygen atoms in total. The molecule has 0 amide bonds. The lowest BCUT2D eigenvalue weighted by atomic mass is 10.0. The first-order valence-corrected chi connectivity index (χ1v) is 43.5. The number of ether oxygens (including phenoxy) is 4. The Morgan fingerprint density at radius 1 is 0.278 bits per heavy atom. The molecule has 0 aliphatic rings. The zero-order valence-electron chi connectivity index (χ0n) is 63.4. The van der Waals surface area contributed by atoms with Crippen LogP contribution in [0.5, 0.6) is 0 Å². The average molecular weight is 1420 g/mol. The summed E-state index contributed by atoms with van der Waals surface area (Å²) in [6, 6.07) is 0. The fourth-order valence-electron chi connectivity index (χ4n) is 12.0. The molecule has 19 heteroatoms. The van der Waals surface area contributed by atoms with Crippen LogP contribution in [0.3, 0.4) is 0 Å². The van der Waals surface area contributed by atoms with Gasteiger partial charge >= 0.3 is 39.5 Å². The van der Waals surface area contributed by atoms with Crippen molar-refractivity contribution in [3.63, 3.8) is 0 Å². The van der Waals surface area contributed by atoms with Crippen molar-refractivity contribution < 1.29 is 80.2 Å². The molecule has 0 aliphatic carbocycles. The summed E-state index contributed by atoms with van der Waals surface area (Å²) in [5.74, 6) is -0.651. The minimum Gasteiger partial charge on any atom is -0.462 e. The van der Waals surface area contributed by atoms with Crippen molar-refractivity contribution in [3.05, 3.63) is 0 Å². The monoisotopic (exact) mass is 1420 g/mol. The van der Waals surface area contributed by atoms with E-state index in [1.807, 2.05) is 0 Å². The quantitative estimate of drug-likeness (QED) is 0.0222. The normalized spacial score (nSPS) is 14.0. The molecule has 576 valence electrons. The van der Waals surface area contributed by atoms with Crippen LogP contribution >= 0.6 is 15.6 Å². The highest BCUT2D eigenvalue weighted by Crippen LogP contribution is 2.45. The maximum absolute atomic E-state index is 13.1. The summed E-state index contributed by atoms with van der Waals surface area (Å²) in [5.41, 5.74) is 0. The lowest BCUT2D eigenvalue weighted by Gasteiger charge is -2.21. The largest absolute Gasteiger partial charge is 0.472 e. The highest BCUT2D eigenvalue weighted by atomic mass is 31.2. The highest BCUT2D eigenvalue weighted by Gasteiger charge is 2.30. The molecular formula is C78H152O17P2. The molecule has 5 atom stereocenters. The number of hydrogen-bond acceptors (Lipinski definition) is 15. The van der Waals surface area contributed by atoms with Gasteiger partial charge in [0.15, 0.2) is 12.2 Å². The third-order valence-corrected chi connectivity index (χ3v) is 20.1. The fraction of sp³-hybridized carbons (Fsp3) is 0.949. The lowest BCUT2D eigenvalue weighted by Crippen LogP contribution is -2.30. The Labute approximate surface area is 594 Å². The first kappa shape index (κ1) is 95.1. The number of carbonyl (C=O) groups is 4. The smallest absolute Gasteiger partial charge is 0.462 e. The first-order valence-electron chi connectivity index (χ1n) is 40.5. The maximum atomic E-state index is 13.1. The molecule has 0 bridgehead atoms. The molecule has 0 aliphatic heterocycles. The van der Waals surface area contributed by atoms with Gasteiger partial charge in [-0.15, -0.1) is 0 Å². The van der Waals surface area contributed by atoms with Crippen LogP contribution in [0.2, 0.25) is 0 Å². The lowest BCUT2D eigenvalue weighted by molar-refractivity contribution is -0.161. The molecule has 3 N–H and O–H groups in total. The van der Waals surface area contributed by atoms with Crippen molar-refractivity contribution >= 4 is 39.5 Å². The van der Waals surface area contributed by atoms with Gasteiger partial charge in [-0.1, -0.05) is 356 Å². The molecule has 97 heavy (non-hydrogen) atoms. The van der Waals surface area contributed by atoms with Crippen LogP contribution < -0.4 is 0 Å². The van der Waals surface area contributed by atoms with Crippen LogP contribution in [0.1, 0.15) is 408 Å². The summed E-state index contributed by atoms with van der Waals surface area (Å²) in [5, 5.41) is 10.6. The number of hydrogen-bond donors (Lipinski definition) is 3. The van der Waals surface area contributed by atoms with E-state index in [0.29, 0.717) is 31.6 Å². The number of aliphatic hydroxyl groups is 1. The van der Waals surface area contributed by atoms with E-state index in [9.17, 15) is 43.2 Å². The molecule has 0 spiro atoms. The Hall–Kier alpha value is -1.94. The highest BCUT2D eigenvalue weighted by molar-refractivity contribution is 7.47. The Morgan fingerprint density at radius 2 is 0.474 bits per heavy atom. The SMILES string of the molecule is CCCCCCCCCCCCCCCCCCCCCCCCC(=O)O[C@H](COC(=O)CCCCCCCCCCCCC(C)C)COP(=O)(O)OC[C@@H](O)COP(=O)(O)OC[C@@H](COC(=O)CCCCCCCCCC(C)C)OC(=O)CCCCCCCCCCCCCC. The maximum Gasteiger partial charge on any atom is 0.472 e. The first-order chi connectivity index (χ1) is 46.9. The van der Waals surface area contributed by atoms with Crippen LogP contribution in [-0.4, -0.2) is 96.7 Å². The van der Waals surface area contributed by atoms with Gasteiger partial charge in [0.2, 0.25) is 0 Å². The van der Waals surface area contributed by atoms with Crippen molar-refractivity contribution in [2.45, 2.75) is 426 Å². The van der Waals surface area contributed by atoms with Gasteiger partial charge in [0, 0.05) is 25.7 Å². The number of phosphoric ester groups is 2. The van der Waals surface area contributed by atoms with Gasteiger partial charge in [0.25, 0.3) is 0 Å². The summed E-state index contributed by atoms with van der Waals surface area (Å²) in [4.78, 5) is 72.8. The van der Waals surface area contributed by atoms with E-state index in [1.165, 1.54) is 218 Å². The Kier molecular flexibility index (Phi) is 68.4. The van der Waals surface area contributed by atoms with E-state index in [1.54, 1.807) is 0 Å². The van der Waals surface area contributed by atoms with Gasteiger partial charge in [-0.05, 0) is 37.5 Å². The van der Waals surface area contributed by atoms with E-state index in [4.69, 9.17) is 37.0 Å². The summed E-state index contributed by atoms with van der Waals surface area (Å²) < 4.78 is 68.5. The van der Waals surface area contributed by atoms with Gasteiger partial charge in [0.1, 0.15) is 19.3 Å². The summed E-state index contributed by atoms with van der Waals surface area (Å²) in [6.07, 6.45) is 58.5. The van der Waals surface area contributed by atoms with E-state index in [-0.39, 0.29) is 25.7 Å². The molecule has 0 saturated heterocycles. The number of esters is 4. The average Bonchev–Trinajstić information content (AvgIpc) is 1.50. The molecular weight excluding hydrogens is 1270 g/mol. The Bertz CT molecular complexity index is 1870. The van der Waals surface area contributed by atoms with Crippen LogP contribution in [-0.2, 0) is 65.4 Å². The number of aliphatic hydroxyl groups excluding tert-OH is 1. The molecule has 0 heterocycles. The predicted molar refractivity (Wildman–Crippen MR) is 395 cm³/mol. The topological polar surface area (TPSA) is 237 Å². The van der Waals surface area contributed by atoms with E-state index >= 15 is 0 Å². The predicted octanol–water partition coefficient (Wildman–Crippen LogP) is 23.1. The van der Waals surface area contributed by atoms with Gasteiger partial charge in [-0.2, -0.15) is 0 Å². The van der Waals surface area contributed by atoms with E-state index in [0.717, 1.165) is 102 Å². The zero-order valence-corrected chi connectivity index (χ0v) is 65.2. The number of rotatable bonds is 77. The number of carbonyl (C=O) groups excluding carboxylic acids is 4. The molecule has 0 radical (unpaired) electrons. The van der Waals surface area contributed by atoms with E-state index < -0.39 is 97.5 Å². The minimum atomic E-state index is -4.96. The third-order valence-electron chi connectivity index (χ3n) is 18.2. The zero-order chi connectivity index (χ0) is 71.4. The summed E-state index contributed by atoms with van der Waals surface area (Å²) in [7, 11) is -9.91. The second-order valence-electron chi connectivity index (χ2n) is 29.1. The molecule has 0 aromatic carbocycles. The van der Waals surface area contributed by atoms with Crippen molar-refractivity contribution in [1.29, 1.82) is 0 Å². The van der Waals surface area contributed by atoms with Gasteiger partial charge in [0.05, 0.1) is 26.4 Å². The number of phosphoric acid groups is 2. The Balaban J connectivity index is 5.18. The Morgan fingerprint density at radius 3 is 0.701 bits per heavy atom. The van der Waals surface area contributed by atoms with Crippen molar-refractivity contribution in [2.24, 2.45) is 11.8 Å². The second-order valence-corrected chi connectivity index (χ2v) is 32.0. The summed E-state index contributed by atoms with van der Waals surface area (Å²) in [6.45, 7) is 9.54. The van der Waals surface area contributed by atoms with Gasteiger partial charge in [-0.3, -0.25) is 37.3 Å². The van der Waals surface area contributed by atoms with Crippen LogP contribution in [0.25, 0.3) is 0 Å². The minimum absolute atomic E-state index is 0.107. The van der Waals surface area contributed by atoms with Gasteiger partial charge < -0.3 is 33.8 Å². The van der Waals surface area contributed by atoms with Crippen molar-refractivity contribution in [3.8, 4) is 0 Å². The van der Waals surface area contributed by atoms with E-state index in [2.05, 4.69) is 41.5 Å². The molecule has 0 aromatic heterocycles. The van der Waals surface area contributed by atoms with Crippen LogP contribution in [0, 0.1) is 11.8 Å². The molecule has 2 unspecified atom stereocenters. The third kappa shape index (κ3) is 72.2. The van der Waals surface area contributed by atoms with Crippen LogP contribution in [0.4, 0.5) is 0 Å². The standard InChI is InChI=1S/C78H152O17P2/c1-7-9-11-13-15-17-19-21-22-23-24-25-26-27-28-29-30-32-38-44-51-57-63-78(83)94-73(66-88-75(80)60-54-48-42-36-34-33-35-40-46-52-58-70(3)4)68-92-96(84,85)90-64-72(79)65-91-97(86,87)93-69-74(67-89-76(81)61-55-49-45-39-41-47-53-59-71(5)6)95-77(82)62-56-50-43-37-31-20-18-16-14-12-10-8-2/h70-74,79H,7-69H2,1-6H3,(H,84,85)(H,86,87)/t72-,73-,74-/m1/s1. The second kappa shape index (κ2) is 69.8. The van der Waals surface area contributed by atoms with Crippen molar-refractivity contribution in [1.82, 2.24) is 0 Å². The molecule has 0 aromatic rings.